The smallest absolute Gasteiger partial charge is 0.237 e. The van der Waals surface area contributed by atoms with Crippen molar-refractivity contribution >= 4 is 5.91 Å². The lowest BCUT2D eigenvalue weighted by molar-refractivity contribution is -0.125. The van der Waals surface area contributed by atoms with Crippen molar-refractivity contribution in [2.45, 2.75) is 52.1 Å². The molecule has 1 rings (SSSR count). The minimum Gasteiger partial charge on any atom is -0.351 e. The summed E-state index contributed by atoms with van der Waals surface area (Å²) in [5, 5.41) is 11.8. The first kappa shape index (κ1) is 13.0. The Balaban J connectivity index is 2.55. The van der Waals surface area contributed by atoms with Gasteiger partial charge in [-0.3, -0.25) is 4.79 Å². The molecule has 1 aliphatic carbocycles. The molecule has 1 fully saturated rings. The van der Waals surface area contributed by atoms with Crippen LogP contribution in [0.2, 0.25) is 0 Å². The normalized spacial score (nSPS) is 27.2. The molecular weight excluding hydrogens is 202 g/mol. The van der Waals surface area contributed by atoms with Crippen LogP contribution in [-0.2, 0) is 4.79 Å². The van der Waals surface area contributed by atoms with Crippen LogP contribution in [0.15, 0.2) is 0 Å². The molecule has 3 unspecified atom stereocenters. The molecule has 0 aromatic carbocycles. The zero-order valence-electron chi connectivity index (χ0n) is 10.3. The fraction of sp³-hybridized carbons (Fsp3) is 0.833. The highest BCUT2D eigenvalue weighted by Crippen LogP contribution is 2.25. The van der Waals surface area contributed by atoms with Gasteiger partial charge in [0.05, 0.1) is 18.0 Å². The van der Waals surface area contributed by atoms with Crippen LogP contribution in [0.3, 0.4) is 0 Å². The first-order valence-corrected chi connectivity index (χ1v) is 5.82. The van der Waals surface area contributed by atoms with Crippen molar-refractivity contribution < 1.29 is 4.79 Å². The predicted octanol–water partition coefficient (Wildman–Crippen LogP) is 1.17. The molecule has 0 aromatic rings. The van der Waals surface area contributed by atoms with Crippen LogP contribution in [0.1, 0.15) is 40.0 Å². The SMILES string of the molecule is CC(C)(C)C(N)C(=O)NC1CCCC1C#N. The van der Waals surface area contributed by atoms with E-state index in [1.54, 1.807) is 0 Å². The minimum atomic E-state index is -0.521. The number of nitrogens with two attached hydrogens (primary N) is 1. The van der Waals surface area contributed by atoms with E-state index in [9.17, 15) is 4.79 Å². The quantitative estimate of drug-likeness (QED) is 0.737. The molecule has 0 heterocycles. The van der Waals surface area contributed by atoms with E-state index in [0.29, 0.717) is 0 Å². The van der Waals surface area contributed by atoms with Crippen molar-refractivity contribution in [2.24, 2.45) is 17.1 Å². The summed E-state index contributed by atoms with van der Waals surface area (Å²) in [6, 6.07) is 1.71. The van der Waals surface area contributed by atoms with Crippen molar-refractivity contribution in [3.63, 3.8) is 0 Å². The topological polar surface area (TPSA) is 78.9 Å². The van der Waals surface area contributed by atoms with Crippen molar-refractivity contribution in [1.29, 1.82) is 5.26 Å². The summed E-state index contributed by atoms with van der Waals surface area (Å²) < 4.78 is 0. The summed E-state index contributed by atoms with van der Waals surface area (Å²) in [7, 11) is 0. The van der Waals surface area contributed by atoms with E-state index in [1.165, 1.54) is 0 Å². The van der Waals surface area contributed by atoms with Crippen LogP contribution in [0.5, 0.6) is 0 Å². The number of hydrogen-bond donors (Lipinski definition) is 2. The lowest BCUT2D eigenvalue weighted by Crippen LogP contribution is -2.51. The Morgan fingerprint density at radius 3 is 2.62 bits per heavy atom. The van der Waals surface area contributed by atoms with E-state index < -0.39 is 6.04 Å². The van der Waals surface area contributed by atoms with Gasteiger partial charge in [-0.05, 0) is 24.7 Å². The molecule has 90 valence electrons. The number of nitriles is 1. The largest absolute Gasteiger partial charge is 0.351 e. The molecule has 0 bridgehead atoms. The van der Waals surface area contributed by atoms with Crippen molar-refractivity contribution in [1.82, 2.24) is 5.32 Å². The summed E-state index contributed by atoms with van der Waals surface area (Å²) in [5.74, 6) is -0.184. The molecule has 0 aliphatic heterocycles. The Bertz CT molecular complexity index is 300. The van der Waals surface area contributed by atoms with Crippen molar-refractivity contribution in [2.75, 3.05) is 0 Å². The minimum absolute atomic E-state index is 0.00843. The number of nitrogens with zero attached hydrogens (tertiary/aromatic N) is 1. The van der Waals surface area contributed by atoms with E-state index in [-0.39, 0.29) is 23.3 Å². The molecule has 1 amide bonds. The highest BCUT2D eigenvalue weighted by molar-refractivity contribution is 5.82. The van der Waals surface area contributed by atoms with Gasteiger partial charge in [0.2, 0.25) is 5.91 Å². The Hall–Kier alpha value is -1.08. The predicted molar refractivity (Wildman–Crippen MR) is 62.3 cm³/mol. The van der Waals surface area contributed by atoms with Gasteiger partial charge in [-0.15, -0.1) is 0 Å². The molecule has 0 radical (unpaired) electrons. The summed E-state index contributed by atoms with van der Waals surface area (Å²) >= 11 is 0. The molecule has 0 aromatic heterocycles. The molecule has 1 aliphatic rings. The van der Waals surface area contributed by atoms with Gasteiger partial charge < -0.3 is 11.1 Å². The number of rotatable bonds is 2. The summed E-state index contributed by atoms with van der Waals surface area (Å²) in [6.07, 6.45) is 2.78. The highest BCUT2D eigenvalue weighted by atomic mass is 16.2. The molecule has 4 heteroatoms. The first-order valence-electron chi connectivity index (χ1n) is 5.82. The second-order valence-electron chi connectivity index (χ2n) is 5.63. The molecule has 1 saturated carbocycles. The highest BCUT2D eigenvalue weighted by Gasteiger charge is 2.33. The van der Waals surface area contributed by atoms with Gasteiger partial charge in [0.25, 0.3) is 0 Å². The van der Waals surface area contributed by atoms with Gasteiger partial charge in [-0.25, -0.2) is 0 Å². The summed E-state index contributed by atoms with van der Waals surface area (Å²) in [6.45, 7) is 5.81. The van der Waals surface area contributed by atoms with E-state index >= 15 is 0 Å². The molecule has 0 saturated heterocycles. The van der Waals surface area contributed by atoms with Crippen LogP contribution < -0.4 is 11.1 Å². The standard InChI is InChI=1S/C12H21N3O/c1-12(2,3)10(14)11(16)15-9-6-4-5-8(9)7-13/h8-10H,4-6,14H2,1-3H3,(H,15,16). The van der Waals surface area contributed by atoms with Gasteiger partial charge >= 0.3 is 0 Å². The number of amides is 1. The zero-order valence-corrected chi connectivity index (χ0v) is 10.3. The fourth-order valence-corrected chi connectivity index (χ4v) is 1.95. The maximum absolute atomic E-state index is 11.9. The van der Waals surface area contributed by atoms with Gasteiger partial charge in [-0.1, -0.05) is 20.8 Å². The average molecular weight is 223 g/mol. The Kier molecular flexibility index (Phi) is 3.93. The Morgan fingerprint density at radius 1 is 1.50 bits per heavy atom. The summed E-state index contributed by atoms with van der Waals surface area (Å²) in [5.41, 5.74) is 5.62. The third kappa shape index (κ3) is 2.96. The van der Waals surface area contributed by atoms with Gasteiger partial charge in [0.15, 0.2) is 0 Å². The van der Waals surface area contributed by atoms with Gasteiger partial charge in [0.1, 0.15) is 0 Å². The number of nitrogens with one attached hydrogen (secondary N) is 1. The lowest BCUT2D eigenvalue weighted by atomic mass is 9.86. The number of hydrogen-bond acceptors (Lipinski definition) is 3. The average Bonchev–Trinajstić information content (AvgIpc) is 2.62. The molecule has 4 nitrogen and oxygen atoms in total. The third-order valence-electron chi connectivity index (χ3n) is 3.22. The van der Waals surface area contributed by atoms with Crippen LogP contribution in [0.4, 0.5) is 0 Å². The van der Waals surface area contributed by atoms with E-state index in [0.717, 1.165) is 19.3 Å². The third-order valence-corrected chi connectivity index (χ3v) is 3.22. The lowest BCUT2D eigenvalue weighted by Gasteiger charge is -2.27. The Labute approximate surface area is 97.2 Å². The van der Waals surface area contributed by atoms with Crippen LogP contribution >= 0.6 is 0 Å². The monoisotopic (exact) mass is 223 g/mol. The van der Waals surface area contributed by atoms with E-state index in [1.807, 2.05) is 20.8 Å². The molecule has 3 atom stereocenters. The molecule has 0 spiro atoms. The summed E-state index contributed by atoms with van der Waals surface area (Å²) in [4.78, 5) is 11.9. The van der Waals surface area contributed by atoms with Crippen molar-refractivity contribution in [3.8, 4) is 6.07 Å². The number of carbonyl (C=O) groups is 1. The van der Waals surface area contributed by atoms with E-state index in [4.69, 9.17) is 11.0 Å². The maximum Gasteiger partial charge on any atom is 0.237 e. The van der Waals surface area contributed by atoms with Gasteiger partial charge in [-0.2, -0.15) is 5.26 Å². The van der Waals surface area contributed by atoms with Crippen LogP contribution in [0.25, 0.3) is 0 Å². The molecule has 3 N–H and O–H groups in total. The van der Waals surface area contributed by atoms with Crippen LogP contribution in [-0.4, -0.2) is 18.0 Å². The number of carbonyl (C=O) groups excluding carboxylic acids is 1. The fourth-order valence-electron chi connectivity index (χ4n) is 1.95. The molecular formula is C12H21N3O. The second-order valence-corrected chi connectivity index (χ2v) is 5.63. The Morgan fingerprint density at radius 2 is 2.12 bits per heavy atom. The first-order chi connectivity index (χ1) is 7.36. The second kappa shape index (κ2) is 4.84. The van der Waals surface area contributed by atoms with Gasteiger partial charge in [0, 0.05) is 6.04 Å². The van der Waals surface area contributed by atoms with E-state index in [2.05, 4.69) is 11.4 Å². The zero-order chi connectivity index (χ0) is 12.3. The van der Waals surface area contributed by atoms with Crippen LogP contribution in [0, 0.1) is 22.7 Å². The maximum atomic E-state index is 11.9. The molecule has 16 heavy (non-hydrogen) atoms. The van der Waals surface area contributed by atoms with Crippen molar-refractivity contribution in [3.05, 3.63) is 0 Å².